The zero-order chi connectivity index (χ0) is 15.5. The molecule has 6 heteroatoms. The number of nitrogens with zero attached hydrogens (tertiary/aromatic N) is 1. The number of carbonyl (C=O) groups excluding carboxylic acids is 1. The van der Waals surface area contributed by atoms with Gasteiger partial charge in [0.15, 0.2) is 4.67 Å². The van der Waals surface area contributed by atoms with Crippen molar-refractivity contribution in [1.29, 1.82) is 0 Å². The lowest BCUT2D eigenvalue weighted by Gasteiger charge is -2.23. The van der Waals surface area contributed by atoms with E-state index in [4.69, 9.17) is 4.42 Å². The van der Waals surface area contributed by atoms with Crippen molar-refractivity contribution in [3.8, 4) is 0 Å². The average molecular weight is 356 g/mol. The number of aliphatic carboxylic acids is 1. The summed E-state index contributed by atoms with van der Waals surface area (Å²) in [5.41, 5.74) is -0.786. The molecule has 1 atom stereocenters. The summed E-state index contributed by atoms with van der Waals surface area (Å²) in [7, 11) is 0. The number of rotatable bonds is 5. The second-order valence-corrected chi connectivity index (χ2v) is 6.10. The summed E-state index contributed by atoms with van der Waals surface area (Å²) in [6, 6.07) is 3.49. The molecular weight excluding hydrogens is 338 g/mol. The molecule has 21 heavy (non-hydrogen) atoms. The normalized spacial score (nSPS) is 22.1. The highest BCUT2D eigenvalue weighted by Gasteiger charge is 2.44. The third-order valence-corrected chi connectivity index (χ3v) is 4.26. The fourth-order valence-corrected chi connectivity index (χ4v) is 3.02. The molecule has 1 fully saturated rings. The first-order chi connectivity index (χ1) is 9.97. The number of carboxylic acids is 1. The van der Waals surface area contributed by atoms with Crippen molar-refractivity contribution in [3.05, 3.63) is 28.6 Å². The maximum atomic E-state index is 12.1. The first kappa shape index (κ1) is 15.8. The standard InChI is InChI=1S/C15H18BrNO4/c1-2-7-15(14(19)20)8-9-17(10-15)13(18)6-4-11-3-5-12(16)21-11/h3-6H,2,7-10H2,1H3,(H,19,20). The number of amides is 1. The molecule has 0 aliphatic carbocycles. The molecule has 1 unspecified atom stereocenters. The Labute approximate surface area is 131 Å². The summed E-state index contributed by atoms with van der Waals surface area (Å²) in [5, 5.41) is 9.43. The van der Waals surface area contributed by atoms with E-state index in [1.165, 1.54) is 6.08 Å². The number of hydrogen-bond acceptors (Lipinski definition) is 3. The largest absolute Gasteiger partial charge is 0.481 e. The maximum Gasteiger partial charge on any atom is 0.311 e. The molecule has 1 aromatic rings. The molecular formula is C15H18BrNO4. The molecule has 1 saturated heterocycles. The molecule has 1 aliphatic heterocycles. The Morgan fingerprint density at radius 3 is 2.86 bits per heavy atom. The predicted molar refractivity (Wildman–Crippen MR) is 81.6 cm³/mol. The van der Waals surface area contributed by atoms with Gasteiger partial charge in [-0.2, -0.15) is 0 Å². The lowest BCUT2D eigenvalue weighted by atomic mass is 9.83. The Hall–Kier alpha value is -1.56. The van der Waals surface area contributed by atoms with Gasteiger partial charge >= 0.3 is 5.97 Å². The van der Waals surface area contributed by atoms with Crippen LogP contribution in [-0.4, -0.2) is 35.0 Å². The maximum absolute atomic E-state index is 12.1. The third-order valence-electron chi connectivity index (χ3n) is 3.83. The van der Waals surface area contributed by atoms with E-state index in [0.717, 1.165) is 6.42 Å². The van der Waals surface area contributed by atoms with E-state index in [0.29, 0.717) is 29.8 Å². The van der Waals surface area contributed by atoms with Gasteiger partial charge in [-0.05, 0) is 47.0 Å². The Balaban J connectivity index is 2.01. The number of carbonyl (C=O) groups is 2. The van der Waals surface area contributed by atoms with Gasteiger partial charge in [-0.3, -0.25) is 9.59 Å². The molecule has 5 nitrogen and oxygen atoms in total. The fraction of sp³-hybridized carbons (Fsp3) is 0.467. The molecule has 2 rings (SSSR count). The minimum Gasteiger partial charge on any atom is -0.481 e. The first-order valence-corrected chi connectivity index (χ1v) is 7.72. The molecule has 1 amide bonds. The van der Waals surface area contributed by atoms with Crippen molar-refractivity contribution in [1.82, 2.24) is 4.90 Å². The van der Waals surface area contributed by atoms with Crippen LogP contribution < -0.4 is 0 Å². The number of furan rings is 1. The van der Waals surface area contributed by atoms with Crippen molar-refractivity contribution in [2.24, 2.45) is 5.41 Å². The van der Waals surface area contributed by atoms with Gasteiger partial charge in [-0.15, -0.1) is 0 Å². The third kappa shape index (κ3) is 3.56. The van der Waals surface area contributed by atoms with Crippen LogP contribution in [0.2, 0.25) is 0 Å². The minimum atomic E-state index is -0.807. The van der Waals surface area contributed by atoms with Crippen LogP contribution in [-0.2, 0) is 9.59 Å². The van der Waals surface area contributed by atoms with E-state index in [1.54, 1.807) is 23.1 Å². The van der Waals surface area contributed by atoms with E-state index >= 15 is 0 Å². The summed E-state index contributed by atoms with van der Waals surface area (Å²) in [5.74, 6) is -0.409. The molecule has 0 aromatic carbocycles. The zero-order valence-electron chi connectivity index (χ0n) is 11.8. The van der Waals surface area contributed by atoms with E-state index < -0.39 is 11.4 Å². The monoisotopic (exact) mass is 355 g/mol. The van der Waals surface area contributed by atoms with Crippen LogP contribution in [0.5, 0.6) is 0 Å². The summed E-state index contributed by atoms with van der Waals surface area (Å²) < 4.78 is 5.88. The van der Waals surface area contributed by atoms with E-state index in [1.807, 2.05) is 6.92 Å². The van der Waals surface area contributed by atoms with Crippen molar-refractivity contribution in [3.63, 3.8) is 0 Å². The van der Waals surface area contributed by atoms with Gasteiger partial charge in [0.1, 0.15) is 5.76 Å². The van der Waals surface area contributed by atoms with Gasteiger partial charge in [0.05, 0.1) is 5.41 Å². The average Bonchev–Trinajstić information content (AvgIpc) is 3.04. The van der Waals surface area contributed by atoms with Crippen LogP contribution in [0.1, 0.15) is 31.9 Å². The topological polar surface area (TPSA) is 70.8 Å². The van der Waals surface area contributed by atoms with Crippen LogP contribution in [0.3, 0.4) is 0 Å². The van der Waals surface area contributed by atoms with Crippen LogP contribution in [0, 0.1) is 5.41 Å². The Bertz CT molecular complexity index is 566. The second-order valence-electron chi connectivity index (χ2n) is 5.32. The first-order valence-electron chi connectivity index (χ1n) is 6.92. The van der Waals surface area contributed by atoms with Crippen molar-refractivity contribution in [2.45, 2.75) is 26.2 Å². The van der Waals surface area contributed by atoms with Crippen LogP contribution in [0.4, 0.5) is 0 Å². The molecule has 1 aliphatic rings. The van der Waals surface area contributed by atoms with Gasteiger partial charge in [0.25, 0.3) is 0 Å². The molecule has 0 bridgehead atoms. The lowest BCUT2D eigenvalue weighted by Crippen LogP contribution is -2.36. The lowest BCUT2D eigenvalue weighted by molar-refractivity contribution is -0.148. The number of hydrogen-bond donors (Lipinski definition) is 1. The quantitative estimate of drug-likeness (QED) is 0.823. The van der Waals surface area contributed by atoms with Gasteiger partial charge in [-0.25, -0.2) is 0 Å². The van der Waals surface area contributed by atoms with Crippen molar-refractivity contribution >= 4 is 33.9 Å². The fourth-order valence-electron chi connectivity index (χ4n) is 2.70. The van der Waals surface area contributed by atoms with Gasteiger partial charge < -0.3 is 14.4 Å². The van der Waals surface area contributed by atoms with Crippen molar-refractivity contribution < 1.29 is 19.1 Å². The molecule has 0 radical (unpaired) electrons. The molecule has 0 saturated carbocycles. The van der Waals surface area contributed by atoms with E-state index in [2.05, 4.69) is 15.9 Å². The van der Waals surface area contributed by atoms with E-state index in [-0.39, 0.29) is 12.5 Å². The Morgan fingerprint density at radius 1 is 1.52 bits per heavy atom. The van der Waals surface area contributed by atoms with Crippen LogP contribution in [0.15, 0.2) is 27.3 Å². The van der Waals surface area contributed by atoms with Gasteiger partial charge in [0.2, 0.25) is 5.91 Å². The smallest absolute Gasteiger partial charge is 0.311 e. The van der Waals surface area contributed by atoms with Crippen LogP contribution in [0.25, 0.3) is 6.08 Å². The van der Waals surface area contributed by atoms with Crippen molar-refractivity contribution in [2.75, 3.05) is 13.1 Å². The highest BCUT2D eigenvalue weighted by atomic mass is 79.9. The Kier molecular flexibility index (Phi) is 4.88. The molecule has 0 spiro atoms. The molecule has 1 N–H and O–H groups in total. The highest BCUT2D eigenvalue weighted by Crippen LogP contribution is 2.35. The minimum absolute atomic E-state index is 0.179. The van der Waals surface area contributed by atoms with Crippen LogP contribution >= 0.6 is 15.9 Å². The number of halogens is 1. The van der Waals surface area contributed by atoms with Gasteiger partial charge in [-0.1, -0.05) is 13.3 Å². The number of carboxylic acid groups (broad SMARTS) is 1. The molecule has 114 valence electrons. The second kappa shape index (κ2) is 6.47. The number of likely N-dealkylation sites (tertiary alicyclic amines) is 1. The molecule has 2 heterocycles. The van der Waals surface area contributed by atoms with E-state index in [9.17, 15) is 14.7 Å². The summed E-state index contributed by atoms with van der Waals surface area (Å²) in [4.78, 5) is 25.2. The summed E-state index contributed by atoms with van der Waals surface area (Å²) >= 11 is 3.19. The summed E-state index contributed by atoms with van der Waals surface area (Å²) in [6.07, 6.45) is 4.93. The highest BCUT2D eigenvalue weighted by molar-refractivity contribution is 9.10. The Morgan fingerprint density at radius 2 is 2.29 bits per heavy atom. The van der Waals surface area contributed by atoms with Gasteiger partial charge in [0, 0.05) is 19.2 Å². The summed E-state index contributed by atoms with van der Waals surface area (Å²) in [6.45, 7) is 2.72. The predicted octanol–water partition coefficient (Wildman–Crippen LogP) is 3.16. The SMILES string of the molecule is CCCC1(C(=O)O)CCN(C(=O)C=Cc2ccc(Br)o2)C1. The molecule has 1 aromatic heterocycles. The zero-order valence-corrected chi connectivity index (χ0v) is 13.4.